The van der Waals surface area contributed by atoms with Crippen molar-refractivity contribution >= 4 is 23.7 Å². The number of carboxylic acids is 1. The summed E-state index contributed by atoms with van der Waals surface area (Å²) >= 11 is 0. The number of nitrogens with one attached hydrogen (secondary N) is 3. The van der Waals surface area contributed by atoms with Crippen LogP contribution in [0.3, 0.4) is 0 Å². The van der Waals surface area contributed by atoms with Crippen molar-refractivity contribution in [2.75, 3.05) is 25.0 Å². The van der Waals surface area contributed by atoms with Gasteiger partial charge >= 0.3 is 12.1 Å². The van der Waals surface area contributed by atoms with Crippen LogP contribution in [0.1, 0.15) is 17.3 Å². The van der Waals surface area contributed by atoms with Crippen molar-refractivity contribution in [3.63, 3.8) is 0 Å². The van der Waals surface area contributed by atoms with Crippen molar-refractivity contribution < 1.29 is 24.2 Å². The van der Waals surface area contributed by atoms with Gasteiger partial charge in [0.2, 0.25) is 0 Å². The van der Waals surface area contributed by atoms with Crippen molar-refractivity contribution in [2.45, 2.75) is 6.92 Å². The van der Waals surface area contributed by atoms with E-state index in [1.54, 1.807) is 13.0 Å². The zero-order valence-electron chi connectivity index (χ0n) is 13.5. The summed E-state index contributed by atoms with van der Waals surface area (Å²) in [7, 11) is 0. The molecule has 0 atom stereocenters. The van der Waals surface area contributed by atoms with Gasteiger partial charge in [0.25, 0.3) is 5.91 Å². The Morgan fingerprint density at radius 1 is 1.24 bits per heavy atom. The molecule has 0 aliphatic rings. The zero-order chi connectivity index (χ0) is 18.7. The van der Waals surface area contributed by atoms with Gasteiger partial charge < -0.3 is 25.8 Å². The highest BCUT2D eigenvalue weighted by Gasteiger charge is 2.10. The Labute approximate surface area is 144 Å². The Hall–Kier alpha value is -3.54. The molecule has 132 valence electrons. The number of anilines is 1. The highest BCUT2D eigenvalue weighted by molar-refractivity contribution is 6.06. The van der Waals surface area contributed by atoms with Crippen LogP contribution >= 0.6 is 0 Å². The third-order valence-corrected chi connectivity index (χ3v) is 2.82. The lowest BCUT2D eigenvalue weighted by atomic mass is 10.2. The lowest BCUT2D eigenvalue weighted by molar-refractivity contribution is -0.112. The van der Waals surface area contributed by atoms with Gasteiger partial charge in [0, 0.05) is 25.0 Å². The molecule has 0 bridgehead atoms. The van der Waals surface area contributed by atoms with E-state index in [4.69, 9.17) is 10.4 Å². The molecule has 0 aliphatic heterocycles. The van der Waals surface area contributed by atoms with Crippen LogP contribution in [-0.4, -0.2) is 42.8 Å². The van der Waals surface area contributed by atoms with Crippen LogP contribution < -0.4 is 16.0 Å². The number of nitriles is 1. The van der Waals surface area contributed by atoms with Crippen molar-refractivity contribution in [1.82, 2.24) is 10.6 Å². The van der Waals surface area contributed by atoms with Gasteiger partial charge in [-0.25, -0.2) is 9.59 Å². The molecule has 0 radical (unpaired) electrons. The van der Waals surface area contributed by atoms with E-state index in [2.05, 4.69) is 20.7 Å². The minimum absolute atomic E-state index is 0.0878. The summed E-state index contributed by atoms with van der Waals surface area (Å²) in [6.45, 7) is 2.51. The SMILES string of the molecule is CCOC(=O)NCCN/C=C(/C#N)C(=O)Nc1ccc(C(=O)O)cc1. The quantitative estimate of drug-likeness (QED) is 0.313. The summed E-state index contributed by atoms with van der Waals surface area (Å²) in [5, 5.41) is 25.5. The maximum atomic E-state index is 12.0. The average molecular weight is 346 g/mol. The molecule has 9 nitrogen and oxygen atoms in total. The molecule has 1 aromatic carbocycles. The molecule has 0 fully saturated rings. The van der Waals surface area contributed by atoms with Crippen molar-refractivity contribution in [2.24, 2.45) is 0 Å². The lowest BCUT2D eigenvalue weighted by Crippen LogP contribution is -2.31. The van der Waals surface area contributed by atoms with E-state index in [0.29, 0.717) is 12.2 Å². The molecule has 4 N–H and O–H groups in total. The number of hydrogen-bond acceptors (Lipinski definition) is 6. The minimum atomic E-state index is -1.07. The summed E-state index contributed by atoms with van der Waals surface area (Å²) in [4.78, 5) is 33.8. The molecule has 9 heteroatoms. The normalized spacial score (nSPS) is 10.3. The molecule has 0 heterocycles. The number of carbonyl (C=O) groups is 3. The Morgan fingerprint density at radius 2 is 1.92 bits per heavy atom. The molecule has 1 aromatic rings. The van der Waals surface area contributed by atoms with Crippen molar-refractivity contribution in [1.29, 1.82) is 5.26 Å². The third-order valence-electron chi connectivity index (χ3n) is 2.82. The second-order valence-corrected chi connectivity index (χ2v) is 4.61. The standard InChI is InChI=1S/C16H18N4O5/c1-2-25-16(24)19-8-7-18-10-12(9-17)14(21)20-13-5-3-11(4-6-13)15(22)23/h3-6,10,18H,2,7-8H2,1H3,(H,19,24)(H,20,21)(H,22,23)/b12-10-. The summed E-state index contributed by atoms with van der Waals surface area (Å²) < 4.78 is 4.67. The first-order valence-electron chi connectivity index (χ1n) is 7.37. The number of hydrogen-bond donors (Lipinski definition) is 4. The summed E-state index contributed by atoms with van der Waals surface area (Å²) in [6, 6.07) is 7.28. The fourth-order valence-corrected chi connectivity index (χ4v) is 1.64. The Morgan fingerprint density at radius 3 is 2.48 bits per heavy atom. The van der Waals surface area contributed by atoms with Crippen LogP contribution in [-0.2, 0) is 9.53 Å². The maximum absolute atomic E-state index is 12.0. The third kappa shape index (κ3) is 7.04. The van der Waals surface area contributed by atoms with E-state index in [0.717, 1.165) is 0 Å². The van der Waals surface area contributed by atoms with Gasteiger partial charge in [0.1, 0.15) is 11.6 Å². The average Bonchev–Trinajstić information content (AvgIpc) is 2.58. The molecule has 1 rings (SSSR count). The largest absolute Gasteiger partial charge is 0.478 e. The number of ether oxygens (including phenoxy) is 1. The molecule has 2 amide bonds. The zero-order valence-corrected chi connectivity index (χ0v) is 13.5. The molecular weight excluding hydrogens is 328 g/mol. The topological polar surface area (TPSA) is 141 Å². The van der Waals surface area contributed by atoms with E-state index in [1.165, 1.54) is 30.5 Å². The Balaban J connectivity index is 2.49. The first kappa shape index (κ1) is 19.5. The van der Waals surface area contributed by atoms with Crippen molar-refractivity contribution in [3.05, 3.63) is 41.6 Å². The molecule has 0 aromatic heterocycles. The van der Waals surface area contributed by atoms with E-state index < -0.39 is 18.0 Å². The van der Waals surface area contributed by atoms with Gasteiger partial charge in [-0.3, -0.25) is 4.79 Å². The van der Waals surface area contributed by atoms with E-state index >= 15 is 0 Å². The molecule has 0 spiro atoms. The first-order valence-corrected chi connectivity index (χ1v) is 7.37. The number of benzene rings is 1. The predicted molar refractivity (Wildman–Crippen MR) is 88.8 cm³/mol. The number of carboxylic acid groups (broad SMARTS) is 1. The molecule has 0 aliphatic carbocycles. The molecule has 0 saturated carbocycles. The van der Waals surface area contributed by atoms with Crippen LogP contribution in [0, 0.1) is 11.3 Å². The maximum Gasteiger partial charge on any atom is 0.407 e. The number of aromatic carboxylic acids is 1. The number of nitrogens with zero attached hydrogens (tertiary/aromatic N) is 1. The smallest absolute Gasteiger partial charge is 0.407 e. The predicted octanol–water partition coefficient (Wildman–Crippen LogP) is 1.07. The van der Waals surface area contributed by atoms with E-state index in [1.807, 2.05) is 0 Å². The van der Waals surface area contributed by atoms with Gasteiger partial charge in [0.05, 0.1) is 12.2 Å². The number of carbonyl (C=O) groups excluding carboxylic acids is 2. The first-order chi connectivity index (χ1) is 12.0. The van der Waals surface area contributed by atoms with Crippen LogP contribution in [0.2, 0.25) is 0 Å². The second-order valence-electron chi connectivity index (χ2n) is 4.61. The van der Waals surface area contributed by atoms with E-state index in [-0.39, 0.29) is 24.3 Å². The van der Waals surface area contributed by atoms with Gasteiger partial charge in [-0.15, -0.1) is 0 Å². The number of rotatable bonds is 8. The Bertz CT molecular complexity index is 691. The van der Waals surface area contributed by atoms with Crippen LogP contribution in [0.25, 0.3) is 0 Å². The highest BCUT2D eigenvalue weighted by atomic mass is 16.5. The highest BCUT2D eigenvalue weighted by Crippen LogP contribution is 2.10. The van der Waals surface area contributed by atoms with Crippen LogP contribution in [0.4, 0.5) is 10.5 Å². The fraction of sp³-hybridized carbons (Fsp3) is 0.250. The molecule has 0 saturated heterocycles. The van der Waals surface area contributed by atoms with Crippen LogP contribution in [0.5, 0.6) is 0 Å². The monoisotopic (exact) mass is 346 g/mol. The molecule has 0 unspecified atom stereocenters. The van der Waals surface area contributed by atoms with Gasteiger partial charge in [-0.1, -0.05) is 0 Å². The number of amides is 2. The minimum Gasteiger partial charge on any atom is -0.478 e. The van der Waals surface area contributed by atoms with E-state index in [9.17, 15) is 14.4 Å². The summed E-state index contributed by atoms with van der Waals surface area (Å²) in [5.74, 6) is -1.72. The van der Waals surface area contributed by atoms with Gasteiger partial charge in [-0.05, 0) is 31.2 Å². The molecule has 25 heavy (non-hydrogen) atoms. The summed E-state index contributed by atoms with van der Waals surface area (Å²) in [6.07, 6.45) is 0.685. The summed E-state index contributed by atoms with van der Waals surface area (Å²) in [5.41, 5.74) is 0.281. The Kier molecular flexibility index (Phi) is 8.02. The molecular formula is C16H18N4O5. The van der Waals surface area contributed by atoms with Gasteiger partial charge in [0.15, 0.2) is 0 Å². The number of alkyl carbamates (subject to hydrolysis) is 1. The lowest BCUT2D eigenvalue weighted by Gasteiger charge is -2.06. The van der Waals surface area contributed by atoms with Crippen LogP contribution in [0.15, 0.2) is 36.0 Å². The fourth-order valence-electron chi connectivity index (χ4n) is 1.64. The second kappa shape index (κ2) is 10.3. The van der Waals surface area contributed by atoms with Gasteiger partial charge in [-0.2, -0.15) is 5.26 Å². The van der Waals surface area contributed by atoms with Crippen molar-refractivity contribution in [3.8, 4) is 6.07 Å².